The van der Waals surface area contributed by atoms with Crippen molar-refractivity contribution < 1.29 is 19.5 Å². The Morgan fingerprint density at radius 2 is 1.61 bits per heavy atom. The van der Waals surface area contributed by atoms with Gasteiger partial charge >= 0.3 is 5.97 Å². The summed E-state index contributed by atoms with van der Waals surface area (Å²) in [6.45, 7) is 13.3. The number of carboxylic acid groups (broad SMARTS) is 1. The van der Waals surface area contributed by atoms with E-state index in [9.17, 15) is 19.5 Å². The van der Waals surface area contributed by atoms with Gasteiger partial charge in [-0.15, -0.1) is 0 Å². The molecule has 0 aromatic rings. The van der Waals surface area contributed by atoms with Crippen LogP contribution in [0, 0.1) is 17.3 Å². The number of amides is 2. The molecule has 2 amide bonds. The van der Waals surface area contributed by atoms with E-state index in [1.807, 2.05) is 9.80 Å². The summed E-state index contributed by atoms with van der Waals surface area (Å²) in [5.74, 6) is -0.0864. The summed E-state index contributed by atoms with van der Waals surface area (Å²) in [6.07, 6.45) is 2.38. The lowest BCUT2D eigenvalue weighted by Crippen LogP contribution is -2.49. The molecule has 2 rings (SSSR count). The number of piperazine rings is 1. The van der Waals surface area contributed by atoms with Gasteiger partial charge in [-0.3, -0.25) is 19.3 Å². The number of carboxylic acids is 1. The Morgan fingerprint density at radius 3 is 2.14 bits per heavy atom. The number of carbonyl (C=O) groups is 3. The maximum absolute atomic E-state index is 12.7. The molecule has 7 nitrogen and oxygen atoms in total. The highest BCUT2D eigenvalue weighted by atomic mass is 16.4. The number of hydrogen-bond acceptors (Lipinski definition) is 4. The fourth-order valence-corrected chi connectivity index (χ4v) is 4.33. The predicted molar refractivity (Wildman–Crippen MR) is 108 cm³/mol. The van der Waals surface area contributed by atoms with E-state index in [1.54, 1.807) is 6.92 Å². The largest absolute Gasteiger partial charge is 0.481 e. The van der Waals surface area contributed by atoms with Crippen LogP contribution in [0.15, 0.2) is 0 Å². The summed E-state index contributed by atoms with van der Waals surface area (Å²) in [4.78, 5) is 41.6. The van der Waals surface area contributed by atoms with Gasteiger partial charge in [-0.05, 0) is 36.6 Å². The average Bonchev–Trinajstić information content (AvgIpc) is 2.59. The van der Waals surface area contributed by atoms with Crippen LogP contribution in [0.4, 0.5) is 0 Å². The summed E-state index contributed by atoms with van der Waals surface area (Å²) in [6, 6.07) is 0. The first-order valence-corrected chi connectivity index (χ1v) is 10.5. The molecule has 0 bridgehead atoms. The zero-order valence-electron chi connectivity index (χ0n) is 17.9. The van der Waals surface area contributed by atoms with Crippen molar-refractivity contribution in [3.8, 4) is 0 Å². The SMILES string of the molecule is CC(=O)N1CCN(CC[C@H]2CN(C(=O)CC(C)(C)C)CC[C@H]2CC(=O)O)CC1. The monoisotopic (exact) mass is 395 g/mol. The molecule has 2 heterocycles. The van der Waals surface area contributed by atoms with Gasteiger partial charge in [0.2, 0.25) is 11.8 Å². The van der Waals surface area contributed by atoms with Gasteiger partial charge in [-0.1, -0.05) is 20.8 Å². The van der Waals surface area contributed by atoms with Gasteiger partial charge in [0.25, 0.3) is 0 Å². The zero-order chi connectivity index (χ0) is 20.9. The van der Waals surface area contributed by atoms with Crippen LogP contribution in [0.25, 0.3) is 0 Å². The third-order valence-electron chi connectivity index (χ3n) is 6.00. The molecule has 2 atom stereocenters. The minimum absolute atomic E-state index is 0.0408. The van der Waals surface area contributed by atoms with Gasteiger partial charge in [-0.25, -0.2) is 0 Å². The molecule has 2 fully saturated rings. The quantitative estimate of drug-likeness (QED) is 0.743. The van der Waals surface area contributed by atoms with Crippen molar-refractivity contribution in [2.24, 2.45) is 17.3 Å². The lowest BCUT2D eigenvalue weighted by molar-refractivity contribution is -0.140. The van der Waals surface area contributed by atoms with Gasteiger partial charge in [0.05, 0.1) is 0 Å². The molecule has 2 saturated heterocycles. The van der Waals surface area contributed by atoms with Gasteiger partial charge in [0.1, 0.15) is 0 Å². The molecule has 0 radical (unpaired) electrons. The van der Waals surface area contributed by atoms with Crippen molar-refractivity contribution in [3.05, 3.63) is 0 Å². The molecule has 0 unspecified atom stereocenters. The molecule has 2 aliphatic heterocycles. The Kier molecular flexibility index (Phi) is 7.87. The van der Waals surface area contributed by atoms with Crippen LogP contribution in [-0.4, -0.2) is 83.4 Å². The fourth-order valence-electron chi connectivity index (χ4n) is 4.33. The van der Waals surface area contributed by atoms with Gasteiger partial charge in [0.15, 0.2) is 0 Å². The maximum Gasteiger partial charge on any atom is 0.303 e. The standard InChI is InChI=1S/C21H37N3O4/c1-16(25)23-11-9-22(10-12-23)7-5-18-15-24(19(26)14-21(2,3)4)8-6-17(18)13-20(27)28/h17-18H,5-15H2,1-4H3,(H,27,28)/t17-,18-/m0/s1. The molecule has 0 aromatic carbocycles. The minimum atomic E-state index is -0.750. The molecule has 1 N–H and O–H groups in total. The number of likely N-dealkylation sites (tertiary alicyclic amines) is 1. The normalized spacial score (nSPS) is 24.3. The van der Waals surface area contributed by atoms with Crippen LogP contribution in [0.5, 0.6) is 0 Å². The number of rotatable bonds is 6. The lowest BCUT2D eigenvalue weighted by atomic mass is 9.80. The van der Waals surface area contributed by atoms with Gasteiger partial charge < -0.3 is 14.9 Å². The van der Waals surface area contributed by atoms with Crippen LogP contribution >= 0.6 is 0 Å². The topological polar surface area (TPSA) is 81.2 Å². The first-order chi connectivity index (χ1) is 13.0. The third kappa shape index (κ3) is 7.08. The van der Waals surface area contributed by atoms with Crippen molar-refractivity contribution >= 4 is 17.8 Å². The third-order valence-corrected chi connectivity index (χ3v) is 6.00. The molecule has 160 valence electrons. The van der Waals surface area contributed by atoms with E-state index < -0.39 is 5.97 Å². The van der Waals surface area contributed by atoms with Gasteiger partial charge in [-0.2, -0.15) is 0 Å². The van der Waals surface area contributed by atoms with E-state index in [-0.39, 0.29) is 35.5 Å². The Bertz CT molecular complexity index is 564. The molecular formula is C21H37N3O4. The predicted octanol–water partition coefficient (Wildman–Crippen LogP) is 1.92. The number of hydrogen-bond donors (Lipinski definition) is 1. The summed E-state index contributed by atoms with van der Waals surface area (Å²) in [5.41, 5.74) is -0.0408. The van der Waals surface area contributed by atoms with Crippen molar-refractivity contribution in [3.63, 3.8) is 0 Å². The molecule has 0 aromatic heterocycles. The van der Waals surface area contributed by atoms with Gasteiger partial charge in [0, 0.05) is 59.0 Å². The highest BCUT2D eigenvalue weighted by Gasteiger charge is 2.34. The second kappa shape index (κ2) is 9.72. The van der Waals surface area contributed by atoms with Crippen LogP contribution in [0.1, 0.15) is 53.4 Å². The van der Waals surface area contributed by atoms with Crippen molar-refractivity contribution in [1.29, 1.82) is 0 Å². The molecular weight excluding hydrogens is 358 g/mol. The molecule has 7 heteroatoms. The number of nitrogens with zero attached hydrogens (tertiary/aromatic N) is 3. The Labute approximate surface area is 169 Å². The Hall–Kier alpha value is -1.63. The highest BCUT2D eigenvalue weighted by molar-refractivity contribution is 5.77. The second-order valence-electron chi connectivity index (χ2n) is 9.62. The summed E-state index contributed by atoms with van der Waals surface area (Å²) >= 11 is 0. The molecule has 28 heavy (non-hydrogen) atoms. The summed E-state index contributed by atoms with van der Waals surface area (Å²) in [7, 11) is 0. The maximum atomic E-state index is 12.7. The van der Waals surface area contributed by atoms with Crippen molar-refractivity contribution in [1.82, 2.24) is 14.7 Å². The van der Waals surface area contributed by atoms with Crippen LogP contribution in [0.3, 0.4) is 0 Å². The van der Waals surface area contributed by atoms with Crippen molar-refractivity contribution in [2.45, 2.75) is 53.4 Å². The molecule has 0 saturated carbocycles. The average molecular weight is 396 g/mol. The Morgan fingerprint density at radius 1 is 0.964 bits per heavy atom. The number of piperidine rings is 1. The van der Waals surface area contributed by atoms with E-state index in [2.05, 4.69) is 25.7 Å². The van der Waals surface area contributed by atoms with Crippen LogP contribution < -0.4 is 0 Å². The summed E-state index contributed by atoms with van der Waals surface area (Å²) < 4.78 is 0. The first-order valence-electron chi connectivity index (χ1n) is 10.5. The second-order valence-corrected chi connectivity index (χ2v) is 9.62. The minimum Gasteiger partial charge on any atom is -0.481 e. The number of aliphatic carboxylic acids is 1. The van der Waals surface area contributed by atoms with Crippen LogP contribution in [-0.2, 0) is 14.4 Å². The molecule has 0 aliphatic carbocycles. The Balaban J connectivity index is 1.91. The molecule has 2 aliphatic rings. The summed E-state index contributed by atoms with van der Waals surface area (Å²) in [5, 5.41) is 9.28. The highest BCUT2D eigenvalue weighted by Crippen LogP contribution is 2.31. The lowest BCUT2D eigenvalue weighted by Gasteiger charge is -2.40. The van der Waals surface area contributed by atoms with Crippen LogP contribution in [0.2, 0.25) is 0 Å². The van der Waals surface area contributed by atoms with E-state index in [4.69, 9.17) is 0 Å². The number of carbonyl (C=O) groups excluding carboxylic acids is 2. The smallest absolute Gasteiger partial charge is 0.303 e. The van der Waals surface area contributed by atoms with Crippen molar-refractivity contribution in [2.75, 3.05) is 45.8 Å². The van der Waals surface area contributed by atoms with E-state index in [0.29, 0.717) is 19.5 Å². The molecule has 0 spiro atoms. The van der Waals surface area contributed by atoms with E-state index >= 15 is 0 Å². The first kappa shape index (κ1) is 22.7. The van der Waals surface area contributed by atoms with E-state index in [0.717, 1.165) is 45.6 Å². The zero-order valence-corrected chi connectivity index (χ0v) is 17.9. The van der Waals surface area contributed by atoms with E-state index in [1.165, 1.54) is 0 Å². The fraction of sp³-hybridized carbons (Fsp3) is 0.857.